The first-order valence-corrected chi connectivity index (χ1v) is 8.21. The highest BCUT2D eigenvalue weighted by Crippen LogP contribution is 2.26. The van der Waals surface area contributed by atoms with Crippen molar-refractivity contribution in [1.29, 1.82) is 0 Å². The molecule has 1 unspecified atom stereocenters. The van der Waals surface area contributed by atoms with E-state index in [1.807, 2.05) is 30.3 Å². The van der Waals surface area contributed by atoms with Gasteiger partial charge in [-0.2, -0.15) is 0 Å². The third-order valence-electron chi connectivity index (χ3n) is 4.09. The van der Waals surface area contributed by atoms with Crippen LogP contribution >= 0.6 is 0 Å². The van der Waals surface area contributed by atoms with Gasteiger partial charge in [0.2, 0.25) is 0 Å². The van der Waals surface area contributed by atoms with Crippen molar-refractivity contribution in [1.82, 2.24) is 0 Å². The van der Waals surface area contributed by atoms with E-state index in [-0.39, 0.29) is 0 Å². The highest BCUT2D eigenvalue weighted by atomic mass is 16.3. The molecule has 1 aromatic carbocycles. The average Bonchev–Trinajstić information content (AvgIpc) is 2.50. The van der Waals surface area contributed by atoms with Gasteiger partial charge in [-0.1, -0.05) is 88.6 Å². The highest BCUT2D eigenvalue weighted by Gasteiger charge is 2.26. The maximum Gasteiger partial charge on any atom is 0.102 e. The molecule has 20 heavy (non-hydrogen) atoms. The van der Waals surface area contributed by atoms with Crippen LogP contribution in [0.1, 0.15) is 70.3 Å². The van der Waals surface area contributed by atoms with Crippen LogP contribution in [0.15, 0.2) is 30.3 Å². The first kappa shape index (κ1) is 17.2. The number of hydrogen-bond acceptors (Lipinski definition) is 2. The molecule has 0 radical (unpaired) electrons. The van der Waals surface area contributed by atoms with Crippen LogP contribution in [0.3, 0.4) is 0 Å². The maximum absolute atomic E-state index is 10.6. The molecular formula is C18H31NO. The Labute approximate surface area is 124 Å². The van der Waals surface area contributed by atoms with E-state index in [1.54, 1.807) is 0 Å². The zero-order chi connectivity index (χ0) is 14.7. The standard InChI is InChI=1S/C18H31NO/c1-2-3-4-5-6-7-8-12-15-18(20,16-19)17-13-10-9-11-14-17/h9-11,13-14,20H,2-8,12,15-16,19H2,1H3. The summed E-state index contributed by atoms with van der Waals surface area (Å²) in [6.45, 7) is 2.55. The number of aliphatic hydroxyl groups is 1. The van der Waals surface area contributed by atoms with Crippen molar-refractivity contribution in [2.24, 2.45) is 5.73 Å². The minimum Gasteiger partial charge on any atom is -0.384 e. The smallest absolute Gasteiger partial charge is 0.102 e. The molecule has 0 heterocycles. The summed E-state index contributed by atoms with van der Waals surface area (Å²) >= 11 is 0. The zero-order valence-electron chi connectivity index (χ0n) is 13.0. The molecular weight excluding hydrogens is 246 g/mol. The van der Waals surface area contributed by atoms with Gasteiger partial charge in [0.1, 0.15) is 5.60 Å². The summed E-state index contributed by atoms with van der Waals surface area (Å²) in [5, 5.41) is 10.6. The lowest BCUT2D eigenvalue weighted by Gasteiger charge is -2.27. The molecule has 0 aromatic heterocycles. The van der Waals surface area contributed by atoms with Crippen molar-refractivity contribution in [2.45, 2.75) is 70.3 Å². The van der Waals surface area contributed by atoms with E-state index in [2.05, 4.69) is 6.92 Å². The molecule has 0 fully saturated rings. The molecule has 0 aliphatic rings. The topological polar surface area (TPSA) is 46.2 Å². The van der Waals surface area contributed by atoms with E-state index in [0.29, 0.717) is 6.54 Å². The van der Waals surface area contributed by atoms with Gasteiger partial charge in [-0.15, -0.1) is 0 Å². The highest BCUT2D eigenvalue weighted by molar-refractivity contribution is 5.22. The number of hydrogen-bond donors (Lipinski definition) is 2. The maximum atomic E-state index is 10.6. The zero-order valence-corrected chi connectivity index (χ0v) is 13.0. The van der Waals surface area contributed by atoms with Crippen LogP contribution in [-0.4, -0.2) is 11.7 Å². The van der Waals surface area contributed by atoms with Crippen LogP contribution in [0.4, 0.5) is 0 Å². The minimum atomic E-state index is -0.844. The van der Waals surface area contributed by atoms with Crippen LogP contribution in [-0.2, 0) is 5.60 Å². The fourth-order valence-electron chi connectivity index (χ4n) is 2.66. The van der Waals surface area contributed by atoms with Crippen molar-refractivity contribution in [3.05, 3.63) is 35.9 Å². The summed E-state index contributed by atoms with van der Waals surface area (Å²) in [6.07, 6.45) is 11.0. The molecule has 1 rings (SSSR count). The van der Waals surface area contributed by atoms with Gasteiger partial charge < -0.3 is 10.8 Å². The van der Waals surface area contributed by atoms with Crippen LogP contribution in [0.2, 0.25) is 0 Å². The second-order valence-corrected chi connectivity index (χ2v) is 5.83. The summed E-state index contributed by atoms with van der Waals surface area (Å²) in [5.74, 6) is 0. The third-order valence-corrected chi connectivity index (χ3v) is 4.09. The van der Waals surface area contributed by atoms with Crippen molar-refractivity contribution >= 4 is 0 Å². The normalized spacial score (nSPS) is 14.2. The fraction of sp³-hybridized carbons (Fsp3) is 0.667. The quantitative estimate of drug-likeness (QED) is 0.590. The summed E-state index contributed by atoms with van der Waals surface area (Å²) in [7, 11) is 0. The van der Waals surface area contributed by atoms with Crippen LogP contribution in [0.5, 0.6) is 0 Å². The molecule has 2 nitrogen and oxygen atoms in total. The summed E-state index contributed by atoms with van der Waals surface area (Å²) in [6, 6.07) is 9.83. The molecule has 2 heteroatoms. The molecule has 0 saturated heterocycles. The van der Waals surface area contributed by atoms with Gasteiger partial charge >= 0.3 is 0 Å². The van der Waals surface area contributed by atoms with Gasteiger partial charge in [-0.3, -0.25) is 0 Å². The van der Waals surface area contributed by atoms with Gasteiger partial charge in [0, 0.05) is 6.54 Å². The Bertz CT molecular complexity index is 339. The number of nitrogens with two attached hydrogens (primary N) is 1. The van der Waals surface area contributed by atoms with Crippen molar-refractivity contribution in [3.63, 3.8) is 0 Å². The van der Waals surface area contributed by atoms with E-state index in [4.69, 9.17) is 5.73 Å². The van der Waals surface area contributed by atoms with E-state index < -0.39 is 5.60 Å². The van der Waals surface area contributed by atoms with Gasteiger partial charge in [-0.25, -0.2) is 0 Å². The first-order chi connectivity index (χ1) is 9.73. The van der Waals surface area contributed by atoms with Crippen molar-refractivity contribution in [3.8, 4) is 0 Å². The van der Waals surface area contributed by atoms with Gasteiger partial charge in [-0.05, 0) is 12.0 Å². The van der Waals surface area contributed by atoms with Crippen molar-refractivity contribution < 1.29 is 5.11 Å². The summed E-state index contributed by atoms with van der Waals surface area (Å²) in [4.78, 5) is 0. The number of rotatable bonds is 11. The predicted molar refractivity (Wildman–Crippen MR) is 86.6 cm³/mol. The fourth-order valence-corrected chi connectivity index (χ4v) is 2.66. The monoisotopic (exact) mass is 277 g/mol. The molecule has 0 bridgehead atoms. The Morgan fingerprint density at radius 1 is 0.900 bits per heavy atom. The molecule has 0 amide bonds. The lowest BCUT2D eigenvalue weighted by molar-refractivity contribution is 0.0339. The van der Waals surface area contributed by atoms with Gasteiger partial charge in [0.25, 0.3) is 0 Å². The Balaban J connectivity index is 2.22. The van der Waals surface area contributed by atoms with E-state index in [9.17, 15) is 5.11 Å². The lowest BCUT2D eigenvalue weighted by Crippen LogP contribution is -2.34. The van der Waals surface area contributed by atoms with E-state index in [0.717, 1.165) is 18.4 Å². The summed E-state index contributed by atoms with van der Waals surface area (Å²) in [5.41, 5.74) is 5.89. The van der Waals surface area contributed by atoms with Gasteiger partial charge in [0.05, 0.1) is 0 Å². The molecule has 0 spiro atoms. The molecule has 3 N–H and O–H groups in total. The second kappa shape index (κ2) is 9.95. The Morgan fingerprint density at radius 2 is 1.45 bits per heavy atom. The number of unbranched alkanes of at least 4 members (excludes halogenated alkanes) is 7. The van der Waals surface area contributed by atoms with Crippen LogP contribution < -0.4 is 5.73 Å². The van der Waals surface area contributed by atoms with E-state index in [1.165, 1.54) is 44.9 Å². The SMILES string of the molecule is CCCCCCCCCCC(O)(CN)c1ccccc1. The average molecular weight is 277 g/mol. The minimum absolute atomic E-state index is 0.299. The van der Waals surface area contributed by atoms with Crippen LogP contribution in [0.25, 0.3) is 0 Å². The lowest BCUT2D eigenvalue weighted by atomic mass is 9.88. The molecule has 0 aliphatic carbocycles. The summed E-state index contributed by atoms with van der Waals surface area (Å²) < 4.78 is 0. The predicted octanol–water partition coefficient (Wildman–Crippen LogP) is 4.36. The van der Waals surface area contributed by atoms with Crippen molar-refractivity contribution in [2.75, 3.05) is 6.54 Å². The molecule has 1 aromatic rings. The third kappa shape index (κ3) is 6.06. The number of benzene rings is 1. The Kier molecular flexibility index (Phi) is 8.56. The molecule has 114 valence electrons. The molecule has 0 saturated carbocycles. The van der Waals surface area contributed by atoms with E-state index >= 15 is 0 Å². The molecule has 1 atom stereocenters. The Hall–Kier alpha value is -0.860. The second-order valence-electron chi connectivity index (χ2n) is 5.83. The van der Waals surface area contributed by atoms with Gasteiger partial charge in [0.15, 0.2) is 0 Å². The first-order valence-electron chi connectivity index (χ1n) is 8.21. The largest absolute Gasteiger partial charge is 0.384 e. The van der Waals surface area contributed by atoms with Crippen LogP contribution in [0, 0.1) is 0 Å². The molecule has 0 aliphatic heterocycles. The Morgan fingerprint density at radius 3 is 2.00 bits per heavy atom.